The summed E-state index contributed by atoms with van der Waals surface area (Å²) >= 11 is 0. The van der Waals surface area contributed by atoms with Crippen LogP contribution in [0.2, 0.25) is 0 Å². The fourth-order valence-electron chi connectivity index (χ4n) is 4.05. The average Bonchev–Trinajstić information content (AvgIpc) is 2.93. The van der Waals surface area contributed by atoms with Gasteiger partial charge in [-0.2, -0.15) is 0 Å². The Morgan fingerprint density at radius 3 is 2.63 bits per heavy atom. The number of rotatable bonds is 3. The summed E-state index contributed by atoms with van der Waals surface area (Å²) in [5, 5.41) is 0. The first-order chi connectivity index (χ1) is 9.33. The van der Waals surface area contributed by atoms with Gasteiger partial charge in [0.1, 0.15) is 32.7 Å². The predicted octanol–water partition coefficient (Wildman–Crippen LogP) is 0.142. The first kappa shape index (κ1) is 13.2. The van der Waals surface area contributed by atoms with Crippen LogP contribution in [0.5, 0.6) is 0 Å². The van der Waals surface area contributed by atoms with Crippen molar-refractivity contribution in [1.82, 2.24) is 0 Å². The van der Waals surface area contributed by atoms with Crippen molar-refractivity contribution in [3.63, 3.8) is 0 Å². The van der Waals surface area contributed by atoms with Crippen LogP contribution >= 0.6 is 0 Å². The molecular formula is C16H28N2O+2. The monoisotopic (exact) mass is 264 g/mol. The molecule has 0 radical (unpaired) electrons. The minimum atomic E-state index is 0.940. The van der Waals surface area contributed by atoms with Crippen molar-refractivity contribution in [3.05, 3.63) is 24.2 Å². The number of piperazine rings is 1. The van der Waals surface area contributed by atoms with Crippen molar-refractivity contribution in [2.75, 3.05) is 26.2 Å². The third-order valence-corrected chi connectivity index (χ3v) is 5.24. The zero-order chi connectivity index (χ0) is 13.1. The van der Waals surface area contributed by atoms with Crippen LogP contribution in [-0.4, -0.2) is 32.2 Å². The highest BCUT2D eigenvalue weighted by molar-refractivity contribution is 4.95. The Morgan fingerprint density at radius 2 is 1.95 bits per heavy atom. The highest BCUT2D eigenvalue weighted by Gasteiger charge is 2.34. The Morgan fingerprint density at radius 1 is 1.16 bits per heavy atom. The van der Waals surface area contributed by atoms with E-state index < -0.39 is 0 Å². The maximum atomic E-state index is 5.47. The third kappa shape index (κ3) is 3.21. The van der Waals surface area contributed by atoms with E-state index in [9.17, 15) is 0 Å². The second kappa shape index (κ2) is 6.10. The van der Waals surface area contributed by atoms with E-state index in [1.807, 2.05) is 11.0 Å². The summed E-state index contributed by atoms with van der Waals surface area (Å²) in [5.41, 5.74) is 0. The number of furan rings is 1. The highest BCUT2D eigenvalue weighted by atomic mass is 16.3. The van der Waals surface area contributed by atoms with Crippen LogP contribution in [0.15, 0.2) is 22.8 Å². The molecule has 3 rings (SSSR count). The smallest absolute Gasteiger partial charge is 0.157 e. The molecule has 3 heteroatoms. The fraction of sp³-hybridized carbons (Fsp3) is 0.750. The molecule has 1 aromatic rings. The van der Waals surface area contributed by atoms with E-state index >= 15 is 0 Å². The molecule has 2 atom stereocenters. The van der Waals surface area contributed by atoms with E-state index in [0.717, 1.165) is 24.3 Å². The van der Waals surface area contributed by atoms with Gasteiger partial charge in [-0.05, 0) is 31.4 Å². The van der Waals surface area contributed by atoms with Crippen LogP contribution in [0.25, 0.3) is 0 Å². The molecule has 1 saturated carbocycles. The van der Waals surface area contributed by atoms with Gasteiger partial charge in [-0.3, -0.25) is 0 Å². The summed E-state index contributed by atoms with van der Waals surface area (Å²) in [4.78, 5) is 3.58. The summed E-state index contributed by atoms with van der Waals surface area (Å²) in [6, 6.07) is 5.05. The van der Waals surface area contributed by atoms with Gasteiger partial charge in [0.25, 0.3) is 0 Å². The van der Waals surface area contributed by atoms with Gasteiger partial charge in [0.2, 0.25) is 0 Å². The number of hydrogen-bond donors (Lipinski definition) is 2. The SMILES string of the molecule is C[C@@H]1CCCC[C@H]1[NH+]1CC[NH+](Cc2ccco2)CC1. The Kier molecular flexibility index (Phi) is 4.24. The van der Waals surface area contributed by atoms with Crippen LogP contribution in [0.4, 0.5) is 0 Å². The van der Waals surface area contributed by atoms with Crippen molar-refractivity contribution in [2.45, 2.75) is 45.2 Å². The molecule has 2 fully saturated rings. The van der Waals surface area contributed by atoms with Gasteiger partial charge in [-0.15, -0.1) is 0 Å². The molecule has 19 heavy (non-hydrogen) atoms. The standard InChI is InChI=1S/C16H26N2O/c1-14-5-2-3-7-16(14)18-10-8-17(9-11-18)13-15-6-4-12-19-15/h4,6,12,14,16H,2-3,5,7-11,13H2,1H3/p+2/t14-,16-/m1/s1. The molecule has 2 N–H and O–H groups in total. The number of nitrogens with one attached hydrogen (secondary N) is 2. The maximum absolute atomic E-state index is 5.47. The Bertz CT molecular complexity index is 368. The number of hydrogen-bond acceptors (Lipinski definition) is 1. The Hall–Kier alpha value is -0.800. The van der Waals surface area contributed by atoms with Crippen molar-refractivity contribution in [3.8, 4) is 0 Å². The average molecular weight is 264 g/mol. The van der Waals surface area contributed by atoms with Crippen molar-refractivity contribution in [2.24, 2.45) is 5.92 Å². The third-order valence-electron chi connectivity index (χ3n) is 5.24. The van der Waals surface area contributed by atoms with E-state index in [-0.39, 0.29) is 0 Å². The predicted molar refractivity (Wildman–Crippen MR) is 75.2 cm³/mol. The van der Waals surface area contributed by atoms with Gasteiger partial charge in [0.05, 0.1) is 12.3 Å². The normalized spacial score (nSPS) is 36.3. The lowest BCUT2D eigenvalue weighted by molar-refractivity contribution is -1.03. The van der Waals surface area contributed by atoms with Crippen molar-refractivity contribution >= 4 is 0 Å². The highest BCUT2D eigenvalue weighted by Crippen LogP contribution is 2.21. The summed E-state index contributed by atoms with van der Waals surface area (Å²) in [5.74, 6) is 2.08. The lowest BCUT2D eigenvalue weighted by atomic mass is 9.84. The summed E-state index contributed by atoms with van der Waals surface area (Å²) < 4.78 is 5.47. The first-order valence-corrected chi connectivity index (χ1v) is 8.03. The van der Waals surface area contributed by atoms with E-state index in [0.29, 0.717) is 0 Å². The largest absolute Gasteiger partial charge is 0.463 e. The van der Waals surface area contributed by atoms with Gasteiger partial charge in [0, 0.05) is 5.92 Å². The first-order valence-electron chi connectivity index (χ1n) is 8.03. The van der Waals surface area contributed by atoms with E-state index in [2.05, 4.69) is 13.0 Å². The number of quaternary nitrogens is 2. The second-order valence-electron chi connectivity index (χ2n) is 6.53. The van der Waals surface area contributed by atoms with Gasteiger partial charge < -0.3 is 14.2 Å². The molecule has 2 aliphatic rings. The topological polar surface area (TPSA) is 22.0 Å². The van der Waals surface area contributed by atoms with Crippen LogP contribution in [0.3, 0.4) is 0 Å². The molecule has 0 bridgehead atoms. The molecule has 1 saturated heterocycles. The van der Waals surface area contributed by atoms with Gasteiger partial charge in [-0.25, -0.2) is 0 Å². The zero-order valence-electron chi connectivity index (χ0n) is 12.2. The van der Waals surface area contributed by atoms with E-state index in [1.54, 1.807) is 11.2 Å². The summed E-state index contributed by atoms with van der Waals surface area (Å²) in [6.45, 7) is 8.86. The minimum absolute atomic E-state index is 0.940. The summed E-state index contributed by atoms with van der Waals surface area (Å²) in [6.07, 6.45) is 7.63. The van der Waals surface area contributed by atoms with Gasteiger partial charge in [0.15, 0.2) is 5.76 Å². The van der Waals surface area contributed by atoms with Crippen molar-refractivity contribution < 1.29 is 14.2 Å². The van der Waals surface area contributed by atoms with Crippen LogP contribution in [0, 0.1) is 5.92 Å². The zero-order valence-corrected chi connectivity index (χ0v) is 12.2. The van der Waals surface area contributed by atoms with Gasteiger partial charge in [-0.1, -0.05) is 13.3 Å². The molecule has 0 aromatic carbocycles. The lowest BCUT2D eigenvalue weighted by Crippen LogP contribution is -3.29. The van der Waals surface area contributed by atoms with Crippen molar-refractivity contribution in [1.29, 1.82) is 0 Å². The van der Waals surface area contributed by atoms with E-state index in [4.69, 9.17) is 4.42 Å². The molecule has 1 aliphatic heterocycles. The fourth-order valence-corrected chi connectivity index (χ4v) is 4.05. The summed E-state index contributed by atoms with van der Waals surface area (Å²) in [7, 11) is 0. The molecule has 1 aromatic heterocycles. The van der Waals surface area contributed by atoms with Crippen LogP contribution in [-0.2, 0) is 6.54 Å². The molecule has 1 aliphatic carbocycles. The quantitative estimate of drug-likeness (QED) is 0.797. The molecule has 3 nitrogen and oxygen atoms in total. The lowest BCUT2D eigenvalue weighted by Gasteiger charge is -2.39. The Balaban J connectivity index is 1.49. The second-order valence-corrected chi connectivity index (χ2v) is 6.53. The Labute approximate surface area is 116 Å². The van der Waals surface area contributed by atoms with Gasteiger partial charge >= 0.3 is 0 Å². The van der Waals surface area contributed by atoms with E-state index in [1.165, 1.54) is 51.9 Å². The maximum Gasteiger partial charge on any atom is 0.157 e. The minimum Gasteiger partial charge on any atom is -0.463 e. The molecule has 0 unspecified atom stereocenters. The molecule has 0 spiro atoms. The molecule has 0 amide bonds. The van der Waals surface area contributed by atoms with Crippen LogP contribution < -0.4 is 9.80 Å². The molecule has 2 heterocycles. The molecular weight excluding hydrogens is 236 g/mol. The molecule has 106 valence electrons. The van der Waals surface area contributed by atoms with Crippen LogP contribution in [0.1, 0.15) is 38.4 Å².